The third-order valence-electron chi connectivity index (χ3n) is 2.20. The molecule has 0 aliphatic carbocycles. The van der Waals surface area contributed by atoms with E-state index < -0.39 is 0 Å². The molecule has 83 valence electrons. The van der Waals surface area contributed by atoms with Crippen LogP contribution in [0.25, 0.3) is 11.4 Å². The molecule has 2 aromatic rings. The van der Waals surface area contributed by atoms with Crippen LogP contribution < -0.4 is 0 Å². The number of pyridine rings is 1. The quantitative estimate of drug-likeness (QED) is 0.759. The summed E-state index contributed by atoms with van der Waals surface area (Å²) in [5, 5.41) is 5.02. The fraction of sp³-hybridized carbons (Fsp3) is 0.333. The molecule has 2 rings (SSSR count). The molecule has 0 aliphatic rings. The number of nitrogens with zero attached hydrogens (tertiary/aromatic N) is 3. The van der Waals surface area contributed by atoms with Crippen LogP contribution in [-0.2, 0) is 5.54 Å². The maximum Gasteiger partial charge on any atom is 0.120 e. The van der Waals surface area contributed by atoms with Crippen molar-refractivity contribution >= 4 is 11.6 Å². The first-order valence-electron chi connectivity index (χ1n) is 5.07. The highest BCUT2D eigenvalue weighted by molar-refractivity contribution is 6.32. The lowest BCUT2D eigenvalue weighted by Gasteiger charge is -2.18. The van der Waals surface area contributed by atoms with Gasteiger partial charge in [0.15, 0.2) is 0 Å². The van der Waals surface area contributed by atoms with Gasteiger partial charge >= 0.3 is 0 Å². The third-order valence-corrected chi connectivity index (χ3v) is 2.51. The van der Waals surface area contributed by atoms with Crippen molar-refractivity contribution in [3.05, 3.63) is 35.6 Å². The summed E-state index contributed by atoms with van der Waals surface area (Å²) in [5.41, 5.74) is 1.29. The second-order valence-electron chi connectivity index (χ2n) is 4.57. The van der Waals surface area contributed by atoms with E-state index in [2.05, 4.69) is 36.9 Å². The van der Waals surface area contributed by atoms with Crippen LogP contribution >= 0.6 is 11.6 Å². The Kier molecular flexibility index (Phi) is 2.72. The van der Waals surface area contributed by atoms with Gasteiger partial charge in [0.05, 0.1) is 10.6 Å². The van der Waals surface area contributed by atoms with Crippen molar-refractivity contribution in [3.8, 4) is 11.4 Å². The normalized spacial score (nSPS) is 11.8. The first-order chi connectivity index (χ1) is 7.48. The first-order valence-corrected chi connectivity index (χ1v) is 5.45. The Morgan fingerprint density at radius 2 is 2.12 bits per heavy atom. The van der Waals surface area contributed by atoms with Crippen LogP contribution in [0.1, 0.15) is 20.8 Å². The summed E-state index contributed by atoms with van der Waals surface area (Å²) in [4.78, 5) is 4.20. The van der Waals surface area contributed by atoms with Crippen LogP contribution in [-0.4, -0.2) is 14.8 Å². The average Bonchev–Trinajstić information content (AvgIpc) is 2.66. The fourth-order valence-corrected chi connectivity index (χ4v) is 1.52. The van der Waals surface area contributed by atoms with Gasteiger partial charge in [0, 0.05) is 18.5 Å². The molecule has 0 bridgehead atoms. The highest BCUT2D eigenvalue weighted by atomic mass is 35.5. The number of hydrogen-bond acceptors (Lipinski definition) is 2. The number of hydrogen-bond donors (Lipinski definition) is 0. The summed E-state index contributed by atoms with van der Waals surface area (Å²) >= 11 is 6.05. The fourth-order valence-electron chi connectivity index (χ4n) is 1.31. The van der Waals surface area contributed by atoms with E-state index in [4.69, 9.17) is 11.6 Å². The largest absolute Gasteiger partial charge is 0.266 e. The molecule has 0 aliphatic heterocycles. The van der Waals surface area contributed by atoms with E-state index in [1.54, 1.807) is 18.3 Å². The van der Waals surface area contributed by atoms with Gasteiger partial charge in [0.25, 0.3) is 0 Å². The molecule has 2 heterocycles. The highest BCUT2D eigenvalue weighted by Gasteiger charge is 2.16. The predicted molar refractivity (Wildman–Crippen MR) is 64.3 cm³/mol. The average molecular weight is 235 g/mol. The third kappa shape index (κ3) is 2.09. The summed E-state index contributed by atoms with van der Waals surface area (Å²) in [7, 11) is 0. The molecule has 0 atom stereocenters. The van der Waals surface area contributed by atoms with Crippen LogP contribution in [0, 0.1) is 6.07 Å². The Balaban J connectivity index is 2.44. The lowest BCUT2D eigenvalue weighted by Crippen LogP contribution is -2.22. The number of halogens is 1. The van der Waals surface area contributed by atoms with Gasteiger partial charge in [-0.3, -0.25) is 9.67 Å². The minimum atomic E-state index is -0.0595. The van der Waals surface area contributed by atoms with Crippen molar-refractivity contribution in [2.75, 3.05) is 0 Å². The standard InChI is InChI=1S/C12H13ClN3/c1-12(2,3)16-8-6-10(15-16)11-9(13)5-4-7-14-11/h4-5,7-8H,1-3H3. The summed E-state index contributed by atoms with van der Waals surface area (Å²) in [6, 6.07) is 6.67. The van der Waals surface area contributed by atoms with E-state index >= 15 is 0 Å². The number of aromatic nitrogens is 3. The molecule has 4 heteroatoms. The molecule has 0 saturated carbocycles. The van der Waals surface area contributed by atoms with Gasteiger partial charge in [-0.1, -0.05) is 11.6 Å². The van der Waals surface area contributed by atoms with E-state index in [0.717, 1.165) is 0 Å². The monoisotopic (exact) mass is 234 g/mol. The Morgan fingerprint density at radius 1 is 1.38 bits per heavy atom. The minimum absolute atomic E-state index is 0.0595. The van der Waals surface area contributed by atoms with Gasteiger partial charge in [-0.05, 0) is 32.9 Å². The Hall–Kier alpha value is -1.35. The van der Waals surface area contributed by atoms with Gasteiger partial charge in [-0.15, -0.1) is 0 Å². The zero-order chi connectivity index (χ0) is 11.8. The van der Waals surface area contributed by atoms with Gasteiger partial charge in [0.2, 0.25) is 0 Å². The Labute approximate surface area is 100 Å². The maximum absolute atomic E-state index is 6.05. The van der Waals surface area contributed by atoms with Crippen LogP contribution in [0.15, 0.2) is 24.5 Å². The van der Waals surface area contributed by atoms with Crippen LogP contribution in [0.5, 0.6) is 0 Å². The molecule has 0 aromatic carbocycles. The second kappa shape index (κ2) is 3.91. The van der Waals surface area contributed by atoms with E-state index in [1.165, 1.54) is 0 Å². The summed E-state index contributed by atoms with van der Waals surface area (Å²) in [6.45, 7) is 6.24. The van der Waals surface area contributed by atoms with E-state index in [9.17, 15) is 0 Å². The molecular formula is C12H13ClN3. The second-order valence-corrected chi connectivity index (χ2v) is 4.98. The molecule has 0 fully saturated rings. The van der Waals surface area contributed by atoms with Gasteiger partial charge in [-0.25, -0.2) is 0 Å². The zero-order valence-corrected chi connectivity index (χ0v) is 10.3. The lowest BCUT2D eigenvalue weighted by atomic mass is 10.1. The molecule has 0 spiro atoms. The highest BCUT2D eigenvalue weighted by Crippen LogP contribution is 2.24. The van der Waals surface area contributed by atoms with Gasteiger partial charge in [-0.2, -0.15) is 5.10 Å². The molecule has 3 nitrogen and oxygen atoms in total. The van der Waals surface area contributed by atoms with Crippen LogP contribution in [0.2, 0.25) is 5.02 Å². The Bertz CT molecular complexity index is 497. The van der Waals surface area contributed by atoms with Crippen molar-refractivity contribution in [1.82, 2.24) is 14.8 Å². The van der Waals surface area contributed by atoms with Crippen molar-refractivity contribution in [3.63, 3.8) is 0 Å². The van der Waals surface area contributed by atoms with Crippen molar-refractivity contribution in [2.45, 2.75) is 26.3 Å². The van der Waals surface area contributed by atoms with Crippen LogP contribution in [0.3, 0.4) is 0 Å². The van der Waals surface area contributed by atoms with E-state index in [0.29, 0.717) is 16.4 Å². The smallest absolute Gasteiger partial charge is 0.120 e. The summed E-state index contributed by atoms with van der Waals surface area (Å²) in [5.74, 6) is 0. The predicted octanol–water partition coefficient (Wildman–Crippen LogP) is 3.15. The molecule has 16 heavy (non-hydrogen) atoms. The minimum Gasteiger partial charge on any atom is -0.266 e. The Morgan fingerprint density at radius 3 is 2.69 bits per heavy atom. The summed E-state index contributed by atoms with van der Waals surface area (Å²) < 4.78 is 1.85. The first kappa shape index (κ1) is 11.1. The van der Waals surface area contributed by atoms with Crippen molar-refractivity contribution in [1.29, 1.82) is 0 Å². The van der Waals surface area contributed by atoms with Crippen molar-refractivity contribution < 1.29 is 0 Å². The molecule has 0 saturated heterocycles. The topological polar surface area (TPSA) is 30.7 Å². The molecule has 1 radical (unpaired) electrons. The van der Waals surface area contributed by atoms with Gasteiger partial charge in [0.1, 0.15) is 11.4 Å². The zero-order valence-electron chi connectivity index (χ0n) is 9.53. The SMILES string of the molecule is CC(C)(C)n1c[c]c(-c2ncccc2Cl)n1. The molecule has 0 N–H and O–H groups in total. The van der Waals surface area contributed by atoms with E-state index in [-0.39, 0.29) is 5.54 Å². The van der Waals surface area contributed by atoms with E-state index in [1.807, 2.05) is 10.9 Å². The summed E-state index contributed by atoms with van der Waals surface area (Å²) in [6.07, 6.45) is 3.52. The lowest BCUT2D eigenvalue weighted by molar-refractivity contribution is 0.356. The maximum atomic E-state index is 6.05. The number of rotatable bonds is 1. The molecule has 0 unspecified atom stereocenters. The van der Waals surface area contributed by atoms with Gasteiger partial charge < -0.3 is 0 Å². The van der Waals surface area contributed by atoms with Crippen LogP contribution in [0.4, 0.5) is 0 Å². The molecule has 2 aromatic heterocycles. The molecular weight excluding hydrogens is 222 g/mol. The van der Waals surface area contributed by atoms with Crippen molar-refractivity contribution in [2.24, 2.45) is 0 Å². The molecule has 0 amide bonds.